The lowest BCUT2D eigenvalue weighted by Crippen LogP contribution is -2.53. The predicted octanol–water partition coefficient (Wildman–Crippen LogP) is 2.27. The highest BCUT2D eigenvalue weighted by Gasteiger charge is 2.48. The summed E-state index contributed by atoms with van der Waals surface area (Å²) in [7, 11) is -3.52. The van der Waals surface area contributed by atoms with Gasteiger partial charge in [0.1, 0.15) is 4.90 Å². The van der Waals surface area contributed by atoms with Gasteiger partial charge in [-0.15, -0.1) is 0 Å². The lowest BCUT2D eigenvalue weighted by Gasteiger charge is -2.51. The summed E-state index contributed by atoms with van der Waals surface area (Å²) in [5.41, 5.74) is -0.0352. The molecular weight excluding hydrogens is 298 g/mol. The first kappa shape index (κ1) is 14.3. The molecule has 1 heterocycles. The van der Waals surface area contributed by atoms with Crippen LogP contribution in [0.3, 0.4) is 0 Å². The van der Waals surface area contributed by atoms with Crippen LogP contribution in [0.2, 0.25) is 5.02 Å². The van der Waals surface area contributed by atoms with E-state index in [1.54, 1.807) is 24.3 Å². The number of piperidine rings is 1. The topological polar surface area (TPSA) is 57.6 Å². The number of aliphatic hydroxyl groups excluding tert-OH is 1. The summed E-state index contributed by atoms with van der Waals surface area (Å²) >= 11 is 6.00. The fourth-order valence-corrected chi connectivity index (χ4v) is 5.16. The van der Waals surface area contributed by atoms with E-state index in [9.17, 15) is 13.5 Å². The summed E-state index contributed by atoms with van der Waals surface area (Å²) in [6.45, 7) is 0.926. The summed E-state index contributed by atoms with van der Waals surface area (Å²) in [5, 5.41) is 10.1. The smallest absolute Gasteiger partial charge is 0.244 e. The fourth-order valence-electron chi connectivity index (χ4n) is 3.23. The van der Waals surface area contributed by atoms with E-state index in [1.165, 1.54) is 4.31 Å². The van der Waals surface area contributed by atoms with Crippen LogP contribution < -0.4 is 0 Å². The Hall–Kier alpha value is -0.620. The summed E-state index contributed by atoms with van der Waals surface area (Å²) in [6, 6.07) is 6.53. The van der Waals surface area contributed by atoms with Crippen LogP contribution in [0.5, 0.6) is 0 Å². The van der Waals surface area contributed by atoms with Gasteiger partial charge in [0.25, 0.3) is 0 Å². The first-order valence-electron chi connectivity index (χ1n) is 6.88. The first-order chi connectivity index (χ1) is 9.46. The number of aliphatic hydroxyl groups is 1. The molecule has 6 heteroatoms. The molecule has 20 heavy (non-hydrogen) atoms. The van der Waals surface area contributed by atoms with E-state index in [2.05, 4.69) is 0 Å². The number of sulfonamides is 1. The Morgan fingerprint density at radius 1 is 1.20 bits per heavy atom. The second kappa shape index (κ2) is 4.98. The standard InChI is InChI=1S/C14H18ClNO3S/c15-11-3-1-2-4-12(11)20(18,19)16-9-7-14(8-10-16)6-5-13(14)17/h1-4,13,17H,5-10H2. The Morgan fingerprint density at radius 2 is 1.85 bits per heavy atom. The zero-order valence-corrected chi connectivity index (χ0v) is 12.7. The normalized spacial score (nSPS) is 26.4. The van der Waals surface area contributed by atoms with Gasteiger partial charge < -0.3 is 5.11 Å². The zero-order chi connectivity index (χ0) is 14.4. The number of hydrogen-bond acceptors (Lipinski definition) is 3. The maximum atomic E-state index is 12.6. The van der Waals surface area contributed by atoms with Crippen LogP contribution in [0.25, 0.3) is 0 Å². The second-order valence-corrected chi connectivity index (χ2v) is 8.06. The molecule has 1 saturated carbocycles. The molecule has 2 fully saturated rings. The molecule has 1 aromatic rings. The van der Waals surface area contributed by atoms with Crippen LogP contribution in [-0.4, -0.2) is 37.0 Å². The highest BCUT2D eigenvalue weighted by molar-refractivity contribution is 7.89. The van der Waals surface area contributed by atoms with Crippen molar-refractivity contribution in [2.45, 2.75) is 36.7 Å². The van der Waals surface area contributed by atoms with Crippen molar-refractivity contribution in [1.82, 2.24) is 4.31 Å². The van der Waals surface area contributed by atoms with Crippen LogP contribution in [-0.2, 0) is 10.0 Å². The Morgan fingerprint density at radius 3 is 2.35 bits per heavy atom. The molecule has 1 spiro atoms. The third kappa shape index (κ3) is 2.17. The third-order valence-electron chi connectivity index (χ3n) is 4.80. The Balaban J connectivity index is 1.79. The van der Waals surface area contributed by atoms with E-state index in [4.69, 9.17) is 11.6 Å². The molecule has 1 aromatic carbocycles. The molecule has 1 atom stereocenters. The number of nitrogens with zero attached hydrogens (tertiary/aromatic N) is 1. The molecule has 0 bridgehead atoms. The summed E-state index contributed by atoms with van der Waals surface area (Å²) in [4.78, 5) is 0.173. The summed E-state index contributed by atoms with van der Waals surface area (Å²) < 4.78 is 26.7. The number of benzene rings is 1. The third-order valence-corrected chi connectivity index (χ3v) is 7.19. The molecule has 3 rings (SSSR count). The molecular formula is C14H18ClNO3S. The van der Waals surface area contributed by atoms with Gasteiger partial charge in [-0.1, -0.05) is 23.7 Å². The predicted molar refractivity (Wildman–Crippen MR) is 77.1 cm³/mol. The molecule has 0 aromatic heterocycles. The van der Waals surface area contributed by atoms with Gasteiger partial charge in [0.2, 0.25) is 10.0 Å². The minimum absolute atomic E-state index is 0.0352. The van der Waals surface area contributed by atoms with Crippen molar-refractivity contribution >= 4 is 21.6 Å². The molecule has 4 nitrogen and oxygen atoms in total. The molecule has 0 amide bonds. The summed E-state index contributed by atoms with van der Waals surface area (Å²) in [5.74, 6) is 0. The molecule has 1 saturated heterocycles. The second-order valence-electron chi connectivity index (χ2n) is 5.75. The van der Waals surface area contributed by atoms with Gasteiger partial charge in [0, 0.05) is 13.1 Å². The van der Waals surface area contributed by atoms with E-state index in [0.29, 0.717) is 13.1 Å². The molecule has 1 N–H and O–H groups in total. The number of rotatable bonds is 2. The monoisotopic (exact) mass is 315 g/mol. The van der Waals surface area contributed by atoms with Crippen LogP contribution in [0.4, 0.5) is 0 Å². The van der Waals surface area contributed by atoms with Crippen molar-refractivity contribution < 1.29 is 13.5 Å². The Kier molecular flexibility index (Phi) is 3.57. The quantitative estimate of drug-likeness (QED) is 0.911. The molecule has 110 valence electrons. The van der Waals surface area contributed by atoms with Gasteiger partial charge in [-0.25, -0.2) is 8.42 Å². The minimum Gasteiger partial charge on any atom is -0.393 e. The maximum Gasteiger partial charge on any atom is 0.244 e. The van der Waals surface area contributed by atoms with Gasteiger partial charge in [-0.05, 0) is 43.2 Å². The van der Waals surface area contributed by atoms with E-state index >= 15 is 0 Å². The van der Waals surface area contributed by atoms with Gasteiger partial charge >= 0.3 is 0 Å². The highest BCUT2D eigenvalue weighted by atomic mass is 35.5. The van der Waals surface area contributed by atoms with E-state index in [-0.39, 0.29) is 21.4 Å². The first-order valence-corrected chi connectivity index (χ1v) is 8.70. The van der Waals surface area contributed by atoms with Crippen molar-refractivity contribution in [1.29, 1.82) is 0 Å². The SMILES string of the molecule is O=S(=O)(c1ccccc1Cl)N1CCC2(CCC2O)CC1. The largest absolute Gasteiger partial charge is 0.393 e. The van der Waals surface area contributed by atoms with E-state index in [1.807, 2.05) is 0 Å². The van der Waals surface area contributed by atoms with Crippen LogP contribution in [0.1, 0.15) is 25.7 Å². The maximum absolute atomic E-state index is 12.6. The molecule has 0 radical (unpaired) electrons. The number of halogens is 1. The van der Waals surface area contributed by atoms with Crippen molar-refractivity contribution in [3.8, 4) is 0 Å². The van der Waals surface area contributed by atoms with Crippen LogP contribution >= 0.6 is 11.6 Å². The zero-order valence-electron chi connectivity index (χ0n) is 11.1. The number of hydrogen-bond donors (Lipinski definition) is 1. The minimum atomic E-state index is -3.52. The fraction of sp³-hybridized carbons (Fsp3) is 0.571. The van der Waals surface area contributed by atoms with Gasteiger partial charge in [-0.3, -0.25) is 0 Å². The Labute approximate surface area is 124 Å². The average Bonchev–Trinajstić information content (AvgIpc) is 2.46. The molecule has 1 aliphatic heterocycles. The highest BCUT2D eigenvalue weighted by Crippen LogP contribution is 2.49. The lowest BCUT2D eigenvalue weighted by molar-refractivity contribution is -0.0911. The lowest BCUT2D eigenvalue weighted by atomic mass is 9.61. The van der Waals surface area contributed by atoms with Crippen LogP contribution in [0.15, 0.2) is 29.2 Å². The molecule has 1 aliphatic carbocycles. The van der Waals surface area contributed by atoms with Crippen molar-refractivity contribution in [2.24, 2.45) is 5.41 Å². The molecule has 1 unspecified atom stereocenters. The van der Waals surface area contributed by atoms with Gasteiger partial charge in [0.05, 0.1) is 11.1 Å². The van der Waals surface area contributed by atoms with E-state index in [0.717, 1.165) is 25.7 Å². The van der Waals surface area contributed by atoms with Crippen molar-refractivity contribution in [3.05, 3.63) is 29.3 Å². The van der Waals surface area contributed by atoms with Crippen molar-refractivity contribution in [2.75, 3.05) is 13.1 Å². The van der Waals surface area contributed by atoms with Gasteiger partial charge in [-0.2, -0.15) is 4.31 Å². The molecule has 2 aliphatic rings. The van der Waals surface area contributed by atoms with Gasteiger partial charge in [0.15, 0.2) is 0 Å². The van der Waals surface area contributed by atoms with Crippen molar-refractivity contribution in [3.63, 3.8) is 0 Å². The van der Waals surface area contributed by atoms with E-state index < -0.39 is 10.0 Å². The Bertz CT molecular complexity index is 609. The van der Waals surface area contributed by atoms with Crippen LogP contribution in [0, 0.1) is 5.41 Å². The average molecular weight is 316 g/mol. The summed E-state index contributed by atoms with van der Waals surface area (Å²) in [6.07, 6.45) is 3.06.